The summed E-state index contributed by atoms with van der Waals surface area (Å²) in [5, 5.41) is 21.7. The number of hydrogen-bond acceptors (Lipinski definition) is 4. The molecule has 1 heterocycles. The minimum atomic E-state index is -1.06. The van der Waals surface area contributed by atoms with Crippen molar-refractivity contribution in [3.8, 4) is 0 Å². The highest BCUT2D eigenvalue weighted by molar-refractivity contribution is 5.87. The molecule has 1 saturated heterocycles. The van der Waals surface area contributed by atoms with Gasteiger partial charge in [-0.3, -0.25) is 14.9 Å². The minimum absolute atomic E-state index is 0.330. The summed E-state index contributed by atoms with van der Waals surface area (Å²) in [6, 6.07) is 7.13. The zero-order valence-corrected chi connectivity index (χ0v) is 14.9. The fourth-order valence-electron chi connectivity index (χ4n) is 3.21. The number of amides is 1. The number of aryl methyl sites for hydroxylation is 1. The second-order valence-electron chi connectivity index (χ2n) is 6.68. The van der Waals surface area contributed by atoms with Gasteiger partial charge in [-0.15, -0.1) is 0 Å². The van der Waals surface area contributed by atoms with Crippen LogP contribution in [0.3, 0.4) is 0 Å². The summed E-state index contributed by atoms with van der Waals surface area (Å²) in [5.74, 6) is -2.39. The Balaban J connectivity index is 2.04. The third kappa shape index (κ3) is 5.29. The van der Waals surface area contributed by atoms with E-state index in [-0.39, 0.29) is 5.91 Å². The van der Waals surface area contributed by atoms with Crippen LogP contribution in [0.4, 0.5) is 0 Å². The first-order valence-electron chi connectivity index (χ1n) is 8.96. The maximum absolute atomic E-state index is 12.7. The van der Waals surface area contributed by atoms with Gasteiger partial charge in [-0.1, -0.05) is 30.3 Å². The highest BCUT2D eigenvalue weighted by Gasteiger charge is 2.34. The number of carboxylic acids is 2. The number of carboxylic acid groups (broad SMARTS) is 2. The van der Waals surface area contributed by atoms with Gasteiger partial charge in [-0.25, -0.2) is 4.79 Å². The molecule has 1 aliphatic heterocycles. The van der Waals surface area contributed by atoms with Gasteiger partial charge in [0.25, 0.3) is 0 Å². The van der Waals surface area contributed by atoms with Crippen LogP contribution in [0, 0.1) is 0 Å². The van der Waals surface area contributed by atoms with Crippen molar-refractivity contribution in [2.45, 2.75) is 57.2 Å². The number of rotatable bonds is 8. The Morgan fingerprint density at radius 1 is 1.19 bits per heavy atom. The lowest BCUT2D eigenvalue weighted by atomic mass is 10.0. The van der Waals surface area contributed by atoms with E-state index in [2.05, 4.69) is 5.32 Å². The van der Waals surface area contributed by atoms with Gasteiger partial charge in [0, 0.05) is 6.54 Å². The standard InChI is InChI=1S/C19H26N2O5/c1-13(18(23)24)21-12-6-5-9-15(17(21)22)20-16(19(25)26)11-10-14-7-3-2-4-8-14/h2-4,7-8,13,15-16,20H,5-6,9-12H2,1H3,(H,23,24)(H,25,26)/t13-,15+,16+/m1/s1. The Morgan fingerprint density at radius 2 is 1.88 bits per heavy atom. The zero-order valence-electron chi connectivity index (χ0n) is 14.9. The third-order valence-electron chi connectivity index (χ3n) is 4.81. The molecule has 3 N–H and O–H groups in total. The van der Waals surface area contributed by atoms with E-state index in [4.69, 9.17) is 0 Å². The second-order valence-corrected chi connectivity index (χ2v) is 6.68. The molecule has 0 aliphatic carbocycles. The lowest BCUT2D eigenvalue weighted by Gasteiger charge is -2.29. The predicted octanol–water partition coefficient (Wildman–Crippen LogP) is 1.52. The second kappa shape index (κ2) is 9.33. The van der Waals surface area contributed by atoms with Crippen molar-refractivity contribution in [1.82, 2.24) is 10.2 Å². The van der Waals surface area contributed by atoms with Gasteiger partial charge < -0.3 is 15.1 Å². The molecular formula is C19H26N2O5. The Bertz CT molecular complexity index is 634. The molecule has 0 saturated carbocycles. The van der Waals surface area contributed by atoms with Crippen LogP contribution >= 0.6 is 0 Å². The highest BCUT2D eigenvalue weighted by atomic mass is 16.4. The summed E-state index contributed by atoms with van der Waals surface area (Å²) < 4.78 is 0. The maximum Gasteiger partial charge on any atom is 0.326 e. The molecule has 3 atom stereocenters. The first-order valence-corrected chi connectivity index (χ1v) is 8.96. The molecule has 1 fully saturated rings. The van der Waals surface area contributed by atoms with E-state index in [9.17, 15) is 24.6 Å². The summed E-state index contributed by atoms with van der Waals surface area (Å²) in [7, 11) is 0. The number of aliphatic carboxylic acids is 2. The maximum atomic E-state index is 12.7. The Kier molecular flexibility index (Phi) is 7.15. The van der Waals surface area contributed by atoms with E-state index in [1.165, 1.54) is 11.8 Å². The van der Waals surface area contributed by atoms with Crippen LogP contribution in [-0.4, -0.2) is 57.6 Å². The number of carbonyl (C=O) groups excluding carboxylic acids is 1. The lowest BCUT2D eigenvalue weighted by molar-refractivity contribution is -0.150. The van der Waals surface area contributed by atoms with Gasteiger partial charge in [0.05, 0.1) is 6.04 Å². The van der Waals surface area contributed by atoms with Crippen LogP contribution in [0.25, 0.3) is 0 Å². The summed E-state index contributed by atoms with van der Waals surface area (Å²) in [4.78, 5) is 36.9. The van der Waals surface area contributed by atoms with Crippen molar-refractivity contribution in [1.29, 1.82) is 0 Å². The molecule has 2 rings (SSSR count). The Labute approximate surface area is 153 Å². The lowest BCUT2D eigenvalue weighted by Crippen LogP contribution is -2.54. The topological polar surface area (TPSA) is 107 Å². The van der Waals surface area contributed by atoms with Crippen molar-refractivity contribution in [3.63, 3.8) is 0 Å². The van der Waals surface area contributed by atoms with Crippen molar-refractivity contribution in [3.05, 3.63) is 35.9 Å². The van der Waals surface area contributed by atoms with E-state index in [0.717, 1.165) is 12.0 Å². The molecule has 7 nitrogen and oxygen atoms in total. The molecule has 0 aromatic heterocycles. The van der Waals surface area contributed by atoms with Crippen molar-refractivity contribution >= 4 is 17.8 Å². The van der Waals surface area contributed by atoms with Gasteiger partial charge in [0.2, 0.25) is 5.91 Å². The summed E-state index contributed by atoms with van der Waals surface area (Å²) in [5.41, 5.74) is 1.04. The molecule has 1 aliphatic rings. The molecule has 26 heavy (non-hydrogen) atoms. The number of benzene rings is 1. The average Bonchev–Trinajstić information content (AvgIpc) is 2.80. The molecule has 0 unspecified atom stereocenters. The Hall–Kier alpha value is -2.41. The minimum Gasteiger partial charge on any atom is -0.480 e. The largest absolute Gasteiger partial charge is 0.480 e. The van der Waals surface area contributed by atoms with Crippen LogP contribution < -0.4 is 5.32 Å². The molecule has 142 valence electrons. The van der Waals surface area contributed by atoms with Gasteiger partial charge in [0.15, 0.2) is 0 Å². The van der Waals surface area contributed by atoms with Crippen LogP contribution in [0.5, 0.6) is 0 Å². The van der Waals surface area contributed by atoms with Crippen LogP contribution in [-0.2, 0) is 20.8 Å². The normalized spacial score (nSPS) is 20.3. The van der Waals surface area contributed by atoms with Gasteiger partial charge in [0.1, 0.15) is 12.1 Å². The number of nitrogens with zero attached hydrogens (tertiary/aromatic N) is 1. The molecule has 0 bridgehead atoms. The summed E-state index contributed by atoms with van der Waals surface area (Å²) in [6.45, 7) is 1.86. The number of likely N-dealkylation sites (tertiary alicyclic amines) is 1. The molecule has 1 amide bonds. The van der Waals surface area contributed by atoms with E-state index >= 15 is 0 Å². The van der Waals surface area contributed by atoms with Gasteiger partial charge in [-0.05, 0) is 44.6 Å². The molecule has 7 heteroatoms. The fourth-order valence-corrected chi connectivity index (χ4v) is 3.21. The molecule has 0 radical (unpaired) electrons. The SMILES string of the molecule is C[C@H](C(=O)O)N1CCCC[C@H](N[C@@H](CCc2ccccc2)C(=O)O)C1=O. The van der Waals surface area contributed by atoms with Crippen molar-refractivity contribution < 1.29 is 24.6 Å². The Morgan fingerprint density at radius 3 is 2.50 bits per heavy atom. The first kappa shape index (κ1) is 19.9. The van der Waals surface area contributed by atoms with Crippen LogP contribution in [0.15, 0.2) is 30.3 Å². The quantitative estimate of drug-likeness (QED) is 0.647. The van der Waals surface area contributed by atoms with Crippen LogP contribution in [0.1, 0.15) is 38.2 Å². The smallest absolute Gasteiger partial charge is 0.326 e. The molecule has 1 aromatic carbocycles. The van der Waals surface area contributed by atoms with Gasteiger partial charge >= 0.3 is 11.9 Å². The molecular weight excluding hydrogens is 336 g/mol. The van der Waals surface area contributed by atoms with E-state index in [1.807, 2.05) is 30.3 Å². The fraction of sp³-hybridized carbons (Fsp3) is 0.526. The monoisotopic (exact) mass is 362 g/mol. The number of carbonyl (C=O) groups is 3. The van der Waals surface area contributed by atoms with Crippen molar-refractivity contribution in [2.75, 3.05) is 6.54 Å². The number of hydrogen-bond donors (Lipinski definition) is 3. The number of nitrogens with one attached hydrogen (secondary N) is 1. The van der Waals surface area contributed by atoms with E-state index in [0.29, 0.717) is 32.2 Å². The van der Waals surface area contributed by atoms with E-state index < -0.39 is 30.1 Å². The molecule has 1 aromatic rings. The van der Waals surface area contributed by atoms with Crippen LogP contribution in [0.2, 0.25) is 0 Å². The third-order valence-corrected chi connectivity index (χ3v) is 4.81. The summed E-state index contributed by atoms with van der Waals surface area (Å²) in [6.07, 6.45) is 2.91. The van der Waals surface area contributed by atoms with E-state index in [1.54, 1.807) is 0 Å². The predicted molar refractivity (Wildman–Crippen MR) is 95.8 cm³/mol. The highest BCUT2D eigenvalue weighted by Crippen LogP contribution is 2.17. The van der Waals surface area contributed by atoms with Crippen molar-refractivity contribution in [2.24, 2.45) is 0 Å². The average molecular weight is 362 g/mol. The molecule has 0 spiro atoms. The van der Waals surface area contributed by atoms with Gasteiger partial charge in [-0.2, -0.15) is 0 Å². The summed E-state index contributed by atoms with van der Waals surface area (Å²) >= 11 is 0. The zero-order chi connectivity index (χ0) is 19.1. The first-order chi connectivity index (χ1) is 12.4.